The highest BCUT2D eigenvalue weighted by Gasteiger charge is 2.27. The Hall–Kier alpha value is -2.98. The lowest BCUT2D eigenvalue weighted by Gasteiger charge is -2.33. The SMILES string of the molecule is N#Cc1cccc([C@@H]2CN(C(=O)c3cc(F)c(O)c(F)c3)CCO2)c1. The molecule has 1 aliphatic rings. The van der Waals surface area contributed by atoms with E-state index in [0.717, 1.165) is 17.7 Å². The minimum atomic E-state index is -1.19. The smallest absolute Gasteiger partial charge is 0.254 e. The van der Waals surface area contributed by atoms with E-state index >= 15 is 0 Å². The molecule has 2 aromatic carbocycles. The summed E-state index contributed by atoms with van der Waals surface area (Å²) in [5, 5.41) is 18.1. The van der Waals surface area contributed by atoms with Gasteiger partial charge in [0, 0.05) is 12.1 Å². The van der Waals surface area contributed by atoms with Crippen molar-refractivity contribution in [1.29, 1.82) is 5.26 Å². The molecule has 25 heavy (non-hydrogen) atoms. The second-order valence-corrected chi connectivity index (χ2v) is 5.64. The van der Waals surface area contributed by atoms with Gasteiger partial charge in [0.25, 0.3) is 5.91 Å². The van der Waals surface area contributed by atoms with Gasteiger partial charge in [-0.1, -0.05) is 12.1 Å². The average molecular weight is 344 g/mol. The van der Waals surface area contributed by atoms with E-state index in [1.54, 1.807) is 24.3 Å². The number of rotatable bonds is 2. The molecule has 1 aliphatic heterocycles. The van der Waals surface area contributed by atoms with E-state index in [1.807, 2.05) is 6.07 Å². The molecule has 0 saturated carbocycles. The van der Waals surface area contributed by atoms with Crippen molar-refractivity contribution in [2.24, 2.45) is 0 Å². The first-order valence-electron chi connectivity index (χ1n) is 7.58. The van der Waals surface area contributed by atoms with E-state index < -0.39 is 29.4 Å². The third kappa shape index (κ3) is 3.44. The molecule has 1 atom stereocenters. The van der Waals surface area contributed by atoms with Gasteiger partial charge in [-0.25, -0.2) is 8.78 Å². The zero-order valence-electron chi connectivity index (χ0n) is 13.1. The maximum absolute atomic E-state index is 13.5. The van der Waals surface area contributed by atoms with Crippen LogP contribution >= 0.6 is 0 Å². The van der Waals surface area contributed by atoms with Crippen LogP contribution in [0, 0.1) is 23.0 Å². The van der Waals surface area contributed by atoms with Gasteiger partial charge in [-0.3, -0.25) is 4.79 Å². The van der Waals surface area contributed by atoms with Gasteiger partial charge < -0.3 is 14.7 Å². The summed E-state index contributed by atoms with van der Waals surface area (Å²) in [6.07, 6.45) is -0.433. The predicted molar refractivity (Wildman–Crippen MR) is 83.8 cm³/mol. The van der Waals surface area contributed by atoms with Crippen molar-refractivity contribution in [3.05, 3.63) is 64.7 Å². The van der Waals surface area contributed by atoms with Crippen molar-refractivity contribution in [1.82, 2.24) is 4.90 Å². The molecule has 7 heteroatoms. The van der Waals surface area contributed by atoms with Crippen molar-refractivity contribution in [3.8, 4) is 11.8 Å². The molecule has 0 aliphatic carbocycles. The second-order valence-electron chi connectivity index (χ2n) is 5.64. The number of phenols is 1. The van der Waals surface area contributed by atoms with Gasteiger partial charge >= 0.3 is 0 Å². The standard InChI is InChI=1S/C18H14F2N2O3/c19-14-7-13(8-15(20)17(14)23)18(24)22-4-5-25-16(10-22)12-3-1-2-11(6-12)9-21/h1-3,6-8,16,23H,4-5,10H2/t16-/m0/s1. The topological polar surface area (TPSA) is 73.6 Å². The number of aromatic hydroxyl groups is 1. The maximum Gasteiger partial charge on any atom is 0.254 e. The third-order valence-electron chi connectivity index (χ3n) is 4.01. The molecule has 5 nitrogen and oxygen atoms in total. The van der Waals surface area contributed by atoms with Crippen molar-refractivity contribution in [2.75, 3.05) is 19.7 Å². The molecule has 0 unspecified atom stereocenters. The summed E-state index contributed by atoms with van der Waals surface area (Å²) in [6.45, 7) is 0.728. The fourth-order valence-corrected chi connectivity index (χ4v) is 2.72. The van der Waals surface area contributed by atoms with Gasteiger partial charge in [-0.2, -0.15) is 5.26 Å². The van der Waals surface area contributed by atoms with Gasteiger partial charge in [0.05, 0.1) is 24.8 Å². The number of amides is 1. The largest absolute Gasteiger partial charge is 0.503 e. The lowest BCUT2D eigenvalue weighted by atomic mass is 10.0. The first-order chi connectivity index (χ1) is 12.0. The zero-order valence-corrected chi connectivity index (χ0v) is 13.1. The minimum absolute atomic E-state index is 0.181. The number of nitrogens with zero attached hydrogens (tertiary/aromatic N) is 2. The van der Waals surface area contributed by atoms with Gasteiger partial charge in [0.2, 0.25) is 0 Å². The zero-order chi connectivity index (χ0) is 18.0. The summed E-state index contributed by atoms with van der Waals surface area (Å²) in [7, 11) is 0. The number of carbonyl (C=O) groups excluding carboxylic acids is 1. The number of hydrogen-bond acceptors (Lipinski definition) is 4. The number of halogens is 2. The van der Waals surface area contributed by atoms with Crippen LogP contribution in [0.1, 0.15) is 27.6 Å². The van der Waals surface area contributed by atoms with Crippen LogP contribution in [0.4, 0.5) is 8.78 Å². The Kier molecular flexibility index (Phi) is 4.63. The number of benzene rings is 2. The molecule has 0 radical (unpaired) electrons. The van der Waals surface area contributed by atoms with Gasteiger partial charge in [-0.05, 0) is 29.8 Å². The molecular weight excluding hydrogens is 330 g/mol. The van der Waals surface area contributed by atoms with Crippen LogP contribution in [0.5, 0.6) is 5.75 Å². The van der Waals surface area contributed by atoms with Crippen molar-refractivity contribution in [3.63, 3.8) is 0 Å². The second kappa shape index (κ2) is 6.87. The van der Waals surface area contributed by atoms with Gasteiger partial charge in [-0.15, -0.1) is 0 Å². The lowest BCUT2D eigenvalue weighted by Crippen LogP contribution is -2.42. The molecule has 2 aromatic rings. The fraction of sp³-hybridized carbons (Fsp3) is 0.222. The fourth-order valence-electron chi connectivity index (χ4n) is 2.72. The van der Waals surface area contributed by atoms with Crippen LogP contribution in [0.25, 0.3) is 0 Å². The van der Waals surface area contributed by atoms with Crippen LogP contribution in [-0.4, -0.2) is 35.6 Å². The molecule has 1 saturated heterocycles. The molecule has 1 amide bonds. The first-order valence-corrected chi connectivity index (χ1v) is 7.58. The summed E-state index contributed by atoms with van der Waals surface area (Å²) in [4.78, 5) is 13.9. The summed E-state index contributed by atoms with van der Waals surface area (Å²) < 4.78 is 32.6. The van der Waals surface area contributed by atoms with Crippen molar-refractivity contribution in [2.45, 2.75) is 6.10 Å². The van der Waals surface area contributed by atoms with Crippen molar-refractivity contribution >= 4 is 5.91 Å². The van der Waals surface area contributed by atoms with E-state index in [2.05, 4.69) is 0 Å². The lowest BCUT2D eigenvalue weighted by molar-refractivity contribution is -0.0228. The summed E-state index contributed by atoms with van der Waals surface area (Å²) in [6, 6.07) is 10.5. The van der Waals surface area contributed by atoms with E-state index in [9.17, 15) is 13.6 Å². The van der Waals surface area contributed by atoms with E-state index in [-0.39, 0.29) is 25.3 Å². The number of phenolic OH excluding ortho intramolecular Hbond substituents is 1. The van der Waals surface area contributed by atoms with Gasteiger partial charge in [0.15, 0.2) is 17.4 Å². The highest BCUT2D eigenvalue weighted by molar-refractivity contribution is 5.94. The van der Waals surface area contributed by atoms with E-state index in [0.29, 0.717) is 5.56 Å². The number of carbonyl (C=O) groups is 1. The Morgan fingerprint density at radius 2 is 2.00 bits per heavy atom. The highest BCUT2D eigenvalue weighted by atomic mass is 19.1. The Morgan fingerprint density at radius 3 is 2.68 bits per heavy atom. The van der Waals surface area contributed by atoms with Crippen LogP contribution in [0.15, 0.2) is 36.4 Å². The van der Waals surface area contributed by atoms with Crippen LogP contribution in [0.3, 0.4) is 0 Å². The molecule has 3 rings (SSSR count). The van der Waals surface area contributed by atoms with E-state index in [4.69, 9.17) is 15.1 Å². The van der Waals surface area contributed by atoms with Gasteiger partial charge in [0.1, 0.15) is 6.10 Å². The molecule has 1 N–H and O–H groups in total. The molecular formula is C18H14F2N2O3. The minimum Gasteiger partial charge on any atom is -0.503 e. The maximum atomic E-state index is 13.5. The molecule has 0 aromatic heterocycles. The summed E-state index contributed by atoms with van der Waals surface area (Å²) in [5.41, 5.74) is 1.05. The van der Waals surface area contributed by atoms with E-state index in [1.165, 1.54) is 4.90 Å². The first kappa shape index (κ1) is 16.9. The highest BCUT2D eigenvalue weighted by Crippen LogP contribution is 2.26. The van der Waals surface area contributed by atoms with Crippen molar-refractivity contribution < 1.29 is 23.4 Å². The Bertz CT molecular complexity index is 841. The molecule has 128 valence electrons. The Morgan fingerprint density at radius 1 is 1.28 bits per heavy atom. The quantitative estimate of drug-likeness (QED) is 0.909. The number of morpholine rings is 1. The van der Waals surface area contributed by atoms with Crippen LogP contribution < -0.4 is 0 Å². The number of ether oxygens (including phenoxy) is 1. The molecule has 1 fully saturated rings. The average Bonchev–Trinajstić information content (AvgIpc) is 2.65. The van der Waals surface area contributed by atoms with Crippen LogP contribution in [0.2, 0.25) is 0 Å². The third-order valence-corrected chi connectivity index (χ3v) is 4.01. The normalized spacial score (nSPS) is 17.2. The number of hydrogen-bond donors (Lipinski definition) is 1. The predicted octanol–water partition coefficient (Wildman–Crippen LogP) is 2.76. The molecule has 0 spiro atoms. The number of nitriles is 1. The molecule has 0 bridgehead atoms. The Balaban J connectivity index is 1.81. The summed E-state index contributed by atoms with van der Waals surface area (Å²) >= 11 is 0. The molecule has 1 heterocycles. The van der Waals surface area contributed by atoms with Crippen LogP contribution in [-0.2, 0) is 4.74 Å². The Labute approximate surface area is 142 Å². The summed E-state index contributed by atoms with van der Waals surface area (Å²) in [5.74, 6) is -4.03. The monoisotopic (exact) mass is 344 g/mol.